The molecule has 1 heterocycles. The molecule has 0 atom stereocenters. The number of nitriles is 1. The van der Waals surface area contributed by atoms with Crippen LogP contribution in [0.25, 0.3) is 0 Å². The Hall–Kier alpha value is -1.60. The summed E-state index contributed by atoms with van der Waals surface area (Å²) < 4.78 is 0. The Labute approximate surface area is 108 Å². The highest BCUT2D eigenvalue weighted by Gasteiger charge is 2.28. The molecule has 96 valence electrons. The van der Waals surface area contributed by atoms with Crippen molar-refractivity contribution in [1.29, 1.82) is 5.26 Å². The number of nitrogens with one attached hydrogen (secondary N) is 1. The molecule has 1 fully saturated rings. The second kappa shape index (κ2) is 5.36. The first-order valence-electron chi connectivity index (χ1n) is 6.47. The van der Waals surface area contributed by atoms with Crippen LogP contribution >= 0.6 is 0 Å². The third kappa shape index (κ3) is 2.99. The summed E-state index contributed by atoms with van der Waals surface area (Å²) in [5, 5.41) is 22.4. The molecule has 1 aliphatic carbocycles. The minimum atomic E-state index is -0.613. The smallest absolute Gasteiger partial charge is 0.145 e. The van der Waals surface area contributed by atoms with Crippen LogP contribution < -0.4 is 5.32 Å². The number of aryl methyl sites for hydroxylation is 1. The maximum absolute atomic E-state index is 10.4. The van der Waals surface area contributed by atoms with E-state index in [4.69, 9.17) is 5.26 Å². The van der Waals surface area contributed by atoms with Gasteiger partial charge in [0, 0.05) is 6.54 Å². The van der Waals surface area contributed by atoms with Gasteiger partial charge in [-0.1, -0.05) is 25.3 Å². The molecule has 0 spiro atoms. The lowest BCUT2D eigenvalue weighted by Gasteiger charge is -2.32. The Morgan fingerprint density at radius 3 is 2.78 bits per heavy atom. The van der Waals surface area contributed by atoms with Crippen molar-refractivity contribution >= 4 is 5.82 Å². The maximum atomic E-state index is 10.4. The van der Waals surface area contributed by atoms with Crippen LogP contribution in [0, 0.1) is 18.3 Å². The van der Waals surface area contributed by atoms with Crippen LogP contribution in [-0.4, -0.2) is 22.2 Å². The van der Waals surface area contributed by atoms with E-state index in [-0.39, 0.29) is 0 Å². The Morgan fingerprint density at radius 1 is 1.39 bits per heavy atom. The molecular formula is C14H19N3O. The van der Waals surface area contributed by atoms with Crippen molar-refractivity contribution in [2.75, 3.05) is 11.9 Å². The molecule has 1 saturated carbocycles. The molecule has 0 aromatic carbocycles. The van der Waals surface area contributed by atoms with Gasteiger partial charge >= 0.3 is 0 Å². The molecule has 0 bridgehead atoms. The second-order valence-electron chi connectivity index (χ2n) is 5.11. The average molecular weight is 245 g/mol. The lowest BCUT2D eigenvalue weighted by molar-refractivity contribution is 0.0166. The molecule has 0 radical (unpaired) electrons. The number of hydrogen-bond donors (Lipinski definition) is 2. The van der Waals surface area contributed by atoms with Gasteiger partial charge in [0.1, 0.15) is 17.6 Å². The van der Waals surface area contributed by atoms with Gasteiger partial charge < -0.3 is 10.4 Å². The van der Waals surface area contributed by atoms with Gasteiger partial charge in [-0.3, -0.25) is 0 Å². The third-order valence-electron chi connectivity index (χ3n) is 3.59. The van der Waals surface area contributed by atoms with Gasteiger partial charge in [-0.15, -0.1) is 0 Å². The molecule has 2 N–H and O–H groups in total. The second-order valence-corrected chi connectivity index (χ2v) is 5.11. The molecular weight excluding hydrogens is 226 g/mol. The van der Waals surface area contributed by atoms with Crippen LogP contribution in [0.2, 0.25) is 0 Å². The van der Waals surface area contributed by atoms with Crippen molar-refractivity contribution in [3.8, 4) is 6.07 Å². The normalized spacial score (nSPS) is 18.1. The lowest BCUT2D eigenvalue weighted by atomic mass is 9.85. The van der Waals surface area contributed by atoms with E-state index in [1.807, 2.05) is 19.1 Å². The summed E-state index contributed by atoms with van der Waals surface area (Å²) in [5.74, 6) is 0.663. The first kappa shape index (κ1) is 12.8. The molecule has 0 aliphatic heterocycles. The molecule has 1 aromatic heterocycles. The molecule has 4 heteroatoms. The fraction of sp³-hybridized carbons (Fsp3) is 0.571. The van der Waals surface area contributed by atoms with Crippen LogP contribution in [0.1, 0.15) is 43.4 Å². The number of nitrogens with zero attached hydrogens (tertiary/aromatic N) is 2. The van der Waals surface area contributed by atoms with E-state index in [1.54, 1.807) is 0 Å². The third-order valence-corrected chi connectivity index (χ3v) is 3.59. The fourth-order valence-electron chi connectivity index (χ4n) is 2.38. The summed E-state index contributed by atoms with van der Waals surface area (Å²) in [6, 6.07) is 5.79. The highest BCUT2D eigenvalue weighted by atomic mass is 16.3. The van der Waals surface area contributed by atoms with Crippen molar-refractivity contribution in [2.24, 2.45) is 0 Å². The molecule has 2 rings (SSSR count). The van der Waals surface area contributed by atoms with E-state index >= 15 is 0 Å². The van der Waals surface area contributed by atoms with Gasteiger partial charge in [-0.25, -0.2) is 4.98 Å². The number of aromatic nitrogens is 1. The topological polar surface area (TPSA) is 68.9 Å². The van der Waals surface area contributed by atoms with E-state index in [2.05, 4.69) is 16.4 Å². The summed E-state index contributed by atoms with van der Waals surface area (Å²) in [6.45, 7) is 2.37. The minimum absolute atomic E-state index is 0.440. The van der Waals surface area contributed by atoms with Gasteiger partial charge in [0.15, 0.2) is 0 Å². The van der Waals surface area contributed by atoms with Crippen LogP contribution in [-0.2, 0) is 0 Å². The zero-order chi connectivity index (χ0) is 13.0. The monoisotopic (exact) mass is 245 g/mol. The minimum Gasteiger partial charge on any atom is -0.388 e. The van der Waals surface area contributed by atoms with Crippen LogP contribution in [0.4, 0.5) is 5.82 Å². The number of anilines is 1. The van der Waals surface area contributed by atoms with E-state index in [9.17, 15) is 5.11 Å². The summed E-state index contributed by atoms with van der Waals surface area (Å²) in [4.78, 5) is 4.22. The number of pyridine rings is 1. The molecule has 18 heavy (non-hydrogen) atoms. The van der Waals surface area contributed by atoms with Gasteiger partial charge in [0.2, 0.25) is 0 Å². The molecule has 1 aromatic rings. The summed E-state index contributed by atoms with van der Waals surface area (Å²) >= 11 is 0. The Morgan fingerprint density at radius 2 is 2.11 bits per heavy atom. The highest BCUT2D eigenvalue weighted by Crippen LogP contribution is 2.28. The summed E-state index contributed by atoms with van der Waals surface area (Å²) in [6.07, 6.45) is 5.07. The number of hydrogen-bond acceptors (Lipinski definition) is 4. The largest absolute Gasteiger partial charge is 0.388 e. The molecule has 0 amide bonds. The maximum Gasteiger partial charge on any atom is 0.145 e. The van der Waals surface area contributed by atoms with Crippen molar-refractivity contribution in [3.05, 3.63) is 23.4 Å². The number of aliphatic hydroxyl groups is 1. The zero-order valence-electron chi connectivity index (χ0n) is 10.7. The van der Waals surface area contributed by atoms with Gasteiger partial charge in [-0.2, -0.15) is 5.26 Å². The van der Waals surface area contributed by atoms with Gasteiger partial charge in [-0.05, 0) is 31.4 Å². The van der Waals surface area contributed by atoms with E-state index in [0.717, 1.165) is 31.2 Å². The van der Waals surface area contributed by atoms with Crippen LogP contribution in [0.15, 0.2) is 12.1 Å². The van der Waals surface area contributed by atoms with Crippen LogP contribution in [0.5, 0.6) is 0 Å². The predicted octanol–water partition coefficient (Wildman–Crippen LogP) is 2.37. The molecule has 0 unspecified atom stereocenters. The molecule has 0 saturated heterocycles. The molecule has 1 aliphatic rings. The predicted molar refractivity (Wildman–Crippen MR) is 70.2 cm³/mol. The lowest BCUT2D eigenvalue weighted by Crippen LogP contribution is -2.38. The quantitative estimate of drug-likeness (QED) is 0.857. The van der Waals surface area contributed by atoms with Crippen molar-refractivity contribution in [2.45, 2.75) is 44.6 Å². The standard InChI is InChI=1S/C14H19N3O/c1-11-5-6-13(17-12(11)9-15)16-10-14(18)7-3-2-4-8-14/h5-6,18H,2-4,7-8,10H2,1H3,(H,16,17). The van der Waals surface area contributed by atoms with Crippen molar-refractivity contribution in [1.82, 2.24) is 4.98 Å². The fourth-order valence-corrected chi connectivity index (χ4v) is 2.38. The SMILES string of the molecule is Cc1ccc(NCC2(O)CCCCC2)nc1C#N. The first-order chi connectivity index (χ1) is 8.63. The Bertz CT molecular complexity index is 459. The van der Waals surface area contributed by atoms with Crippen molar-refractivity contribution < 1.29 is 5.11 Å². The van der Waals surface area contributed by atoms with E-state index in [1.165, 1.54) is 6.42 Å². The Balaban J connectivity index is 2.00. The average Bonchev–Trinajstić information content (AvgIpc) is 2.39. The van der Waals surface area contributed by atoms with Gasteiger partial charge in [0.05, 0.1) is 5.60 Å². The highest BCUT2D eigenvalue weighted by molar-refractivity contribution is 5.42. The van der Waals surface area contributed by atoms with E-state index in [0.29, 0.717) is 18.1 Å². The van der Waals surface area contributed by atoms with Crippen molar-refractivity contribution in [3.63, 3.8) is 0 Å². The number of rotatable bonds is 3. The Kier molecular flexibility index (Phi) is 3.83. The summed E-state index contributed by atoms with van der Waals surface area (Å²) in [7, 11) is 0. The first-order valence-corrected chi connectivity index (χ1v) is 6.47. The van der Waals surface area contributed by atoms with E-state index < -0.39 is 5.60 Å². The zero-order valence-corrected chi connectivity index (χ0v) is 10.7. The molecule has 4 nitrogen and oxygen atoms in total. The van der Waals surface area contributed by atoms with Gasteiger partial charge in [0.25, 0.3) is 0 Å². The summed E-state index contributed by atoms with van der Waals surface area (Å²) in [5.41, 5.74) is 0.701. The van der Waals surface area contributed by atoms with Crippen LogP contribution in [0.3, 0.4) is 0 Å².